The van der Waals surface area contributed by atoms with Crippen molar-refractivity contribution in [1.82, 2.24) is 29.2 Å². The number of benzene rings is 4. The van der Waals surface area contributed by atoms with E-state index in [9.17, 15) is 39.3 Å². The lowest BCUT2D eigenvalue weighted by Gasteiger charge is -2.25. The fourth-order valence-electron chi connectivity index (χ4n) is 6.44. The van der Waals surface area contributed by atoms with Crippen LogP contribution in [0.5, 0.6) is 11.8 Å². The summed E-state index contributed by atoms with van der Waals surface area (Å²) in [5, 5.41) is 2.89. The molecular formula is C38H34ClN8O11S3+. The number of hydrogen-bond acceptors (Lipinski definition) is 13. The number of halogens is 1. The fraction of sp³-hybridized carbons (Fsp3) is 0.132. The van der Waals surface area contributed by atoms with Crippen molar-refractivity contribution in [1.29, 1.82) is 0 Å². The first-order valence-corrected chi connectivity index (χ1v) is 22.4. The summed E-state index contributed by atoms with van der Waals surface area (Å²) in [4.78, 5) is 17.5. The standard InChI is InChI=1S/C38H33ClN8O11S3/c1-4-46(21-22-6-5-7-27(16-22)59(48,49)50)25-10-14-29-32(19-25)47(26-11-15-34(60(51,52)53)33(20-26)57-2)31-17-23(8-12-28(31)42-29)40-30-13-9-24(18-35(30)61(54,55)56)41-37-43-36(39)44-38(45-37)58-3/h5-20H,4,21H2,1-3H3,(H4,41,42,43,44,45,48,49,50,51,52,53,54,55,56)/p+1. The smallest absolute Gasteiger partial charge is 0.347 e. The number of nitrogens with one attached hydrogen (secondary N) is 1. The molecule has 3 aliphatic rings. The number of aromatic nitrogens is 5. The van der Waals surface area contributed by atoms with Crippen molar-refractivity contribution in [3.8, 4) is 28.8 Å². The molecule has 0 amide bonds. The molecule has 2 heterocycles. The molecule has 23 heteroatoms. The zero-order valence-electron chi connectivity index (χ0n) is 32.0. The van der Waals surface area contributed by atoms with Crippen molar-refractivity contribution in [2.75, 3.05) is 31.0 Å². The van der Waals surface area contributed by atoms with Gasteiger partial charge in [-0.1, -0.05) is 16.8 Å². The summed E-state index contributed by atoms with van der Waals surface area (Å²) in [6, 6.07) is 20.2. The van der Waals surface area contributed by atoms with Gasteiger partial charge in [0.2, 0.25) is 21.3 Å². The summed E-state index contributed by atoms with van der Waals surface area (Å²) in [5.74, 6) is -0.208. The Morgan fingerprint density at radius 2 is 1.62 bits per heavy atom. The zero-order chi connectivity index (χ0) is 43.9. The van der Waals surface area contributed by atoms with E-state index in [1.54, 1.807) is 34.9 Å². The van der Waals surface area contributed by atoms with Gasteiger partial charge >= 0.3 is 17.1 Å². The first-order valence-electron chi connectivity index (χ1n) is 17.7. The maximum Gasteiger partial charge on any atom is 0.347 e. The molecule has 0 spiro atoms. The zero-order valence-corrected chi connectivity index (χ0v) is 35.2. The molecule has 0 bridgehead atoms. The van der Waals surface area contributed by atoms with E-state index >= 15 is 0 Å². The number of allylic oxidation sites excluding steroid dienone is 3. The normalized spacial score (nSPS) is 13.3. The van der Waals surface area contributed by atoms with Crippen LogP contribution in [-0.2, 0) is 36.9 Å². The summed E-state index contributed by atoms with van der Waals surface area (Å²) in [6.45, 7) is 2.62. The highest BCUT2D eigenvalue weighted by Crippen LogP contribution is 2.34. The maximum absolute atomic E-state index is 12.8. The Labute approximate surface area is 353 Å². The quantitative estimate of drug-likeness (QED) is 0.0534. The molecule has 61 heavy (non-hydrogen) atoms. The summed E-state index contributed by atoms with van der Waals surface area (Å²) in [6.07, 6.45) is 4.07. The lowest BCUT2D eigenvalue weighted by Crippen LogP contribution is -2.27. The van der Waals surface area contributed by atoms with Crippen LogP contribution in [0.2, 0.25) is 5.28 Å². The molecule has 5 N–H and O–H groups in total. The summed E-state index contributed by atoms with van der Waals surface area (Å²) >= 11 is 5.96. The monoisotopic (exact) mass is 909 g/mol. The van der Waals surface area contributed by atoms with Gasteiger partial charge in [-0.25, -0.2) is 9.19 Å². The van der Waals surface area contributed by atoms with E-state index in [2.05, 4.69) is 24.9 Å². The van der Waals surface area contributed by atoms with Crippen LogP contribution >= 0.6 is 11.6 Å². The van der Waals surface area contributed by atoms with Crippen molar-refractivity contribution in [2.45, 2.75) is 23.3 Å². The van der Waals surface area contributed by atoms with Crippen molar-refractivity contribution in [3.05, 3.63) is 119 Å². The van der Waals surface area contributed by atoms with Gasteiger partial charge in [-0.3, -0.25) is 18.2 Å². The number of fused-ring (bicyclic) bond motifs is 2. The molecule has 1 aliphatic heterocycles. The largest absolute Gasteiger partial charge is 0.495 e. The molecule has 0 saturated carbocycles. The van der Waals surface area contributed by atoms with E-state index < -0.39 is 40.1 Å². The Morgan fingerprint density at radius 1 is 0.836 bits per heavy atom. The maximum atomic E-state index is 12.8. The molecule has 3 aromatic carbocycles. The van der Waals surface area contributed by atoms with Gasteiger partial charge in [0.1, 0.15) is 10.6 Å². The molecule has 0 atom stereocenters. The molecule has 0 unspecified atom stereocenters. The molecular weight excluding hydrogens is 876 g/mol. The Bertz CT molecular complexity index is 3260. The number of nitrogens with zero attached hydrogens (tertiary/aromatic N) is 7. The van der Waals surface area contributed by atoms with Crippen molar-refractivity contribution < 1.29 is 48.7 Å². The Kier molecular flexibility index (Phi) is 11.7. The van der Waals surface area contributed by atoms with Gasteiger partial charge in [0, 0.05) is 42.7 Å². The summed E-state index contributed by atoms with van der Waals surface area (Å²) in [7, 11) is -11.2. The Morgan fingerprint density at radius 3 is 2.31 bits per heavy atom. The van der Waals surface area contributed by atoms with Crippen molar-refractivity contribution in [2.24, 2.45) is 0 Å². The number of ether oxygens (including phenoxy) is 2. The Hall–Kier alpha value is -6.20. The second-order valence-corrected chi connectivity index (χ2v) is 17.7. The molecule has 0 saturated heterocycles. The third-order valence-electron chi connectivity index (χ3n) is 9.16. The molecule has 2 aliphatic carbocycles. The van der Waals surface area contributed by atoms with Gasteiger partial charge in [-0.2, -0.15) is 31.8 Å². The number of anilines is 2. The van der Waals surface area contributed by atoms with Crippen LogP contribution in [0.4, 0.5) is 11.6 Å². The van der Waals surface area contributed by atoms with E-state index in [4.69, 9.17) is 26.1 Å². The minimum atomic E-state index is -4.69. The highest BCUT2D eigenvalue weighted by molar-refractivity contribution is 7.93. The lowest BCUT2D eigenvalue weighted by molar-refractivity contribution is 0.379. The number of hydrogen-bond donors (Lipinski definition) is 5. The van der Waals surface area contributed by atoms with Crippen LogP contribution in [0.15, 0.2) is 113 Å². The minimum Gasteiger partial charge on any atom is -0.495 e. The average Bonchev–Trinajstić information content (AvgIpc) is 3.21. The molecule has 7 rings (SSSR count). The number of rotatable bonds is 11. The first-order chi connectivity index (χ1) is 28.8. The van der Waals surface area contributed by atoms with E-state index in [1.807, 2.05) is 24.0 Å². The SMILES string of the molecule is CCN(Cc1cccc(S(=O)(=O)O)c1)c1ccc2nc3ccc(=[N+]=C4C=CC(Nc5nc(Cl)nc(OC)n5)=CC4=S(=O)(O)O)cc-3n(-c3ccc(S(=O)(=O)O)c(OC)c3)c2c1. The van der Waals surface area contributed by atoms with Gasteiger partial charge in [0.15, 0.2) is 4.86 Å². The third-order valence-corrected chi connectivity index (χ3v) is 12.0. The van der Waals surface area contributed by atoms with Gasteiger partial charge in [-0.15, -0.1) is 0 Å². The second-order valence-electron chi connectivity index (χ2n) is 13.1. The van der Waals surface area contributed by atoms with Crippen molar-refractivity contribution >= 4 is 75.2 Å². The number of methoxy groups -OCH3 is 2. The predicted octanol–water partition coefficient (Wildman–Crippen LogP) is 3.88. The topological polar surface area (TPSA) is 271 Å². The van der Waals surface area contributed by atoms with Gasteiger partial charge < -0.3 is 24.3 Å². The predicted molar refractivity (Wildman–Crippen MR) is 228 cm³/mol. The molecule has 0 fully saturated rings. The van der Waals surface area contributed by atoms with Crippen LogP contribution in [-0.4, -0.2) is 95.1 Å². The van der Waals surface area contributed by atoms with Crippen LogP contribution < -0.4 is 29.7 Å². The highest BCUT2D eigenvalue weighted by Gasteiger charge is 2.26. The first kappa shape index (κ1) is 42.9. The average molecular weight is 910 g/mol. The van der Waals surface area contributed by atoms with E-state index in [-0.39, 0.29) is 51.2 Å². The van der Waals surface area contributed by atoms with Gasteiger partial charge in [-0.05, 0) is 84.8 Å². The van der Waals surface area contributed by atoms with Gasteiger partial charge in [0.25, 0.3) is 20.2 Å². The third kappa shape index (κ3) is 9.42. The van der Waals surface area contributed by atoms with Crippen LogP contribution in [0.1, 0.15) is 12.5 Å². The van der Waals surface area contributed by atoms with Crippen LogP contribution in [0.3, 0.4) is 0 Å². The summed E-state index contributed by atoms with van der Waals surface area (Å²) < 4.78 is 118. The van der Waals surface area contributed by atoms with E-state index in [0.717, 1.165) is 0 Å². The minimum absolute atomic E-state index is 0.0495. The van der Waals surface area contributed by atoms with E-state index in [0.29, 0.717) is 45.9 Å². The molecule has 1 aromatic heterocycles. The van der Waals surface area contributed by atoms with Crippen LogP contribution in [0.25, 0.3) is 28.1 Å². The second kappa shape index (κ2) is 16.7. The molecule has 0 radical (unpaired) electrons. The Balaban J connectivity index is 1.43. The van der Waals surface area contributed by atoms with Crippen molar-refractivity contribution in [3.63, 3.8) is 0 Å². The molecule has 316 valence electrons. The fourth-order valence-corrected chi connectivity index (χ4v) is 8.44. The van der Waals surface area contributed by atoms with Gasteiger partial charge in [0.05, 0.1) is 53.3 Å². The molecule has 4 aromatic rings. The van der Waals surface area contributed by atoms with E-state index in [1.165, 1.54) is 68.8 Å². The highest BCUT2D eigenvalue weighted by atomic mass is 35.5. The van der Waals surface area contributed by atoms with Crippen LogP contribution in [0, 0.1) is 0 Å². The summed E-state index contributed by atoms with van der Waals surface area (Å²) in [5.41, 5.74) is 3.65. The molecule has 19 nitrogen and oxygen atoms in total. The lowest BCUT2D eigenvalue weighted by atomic mass is 10.1.